The van der Waals surface area contributed by atoms with Gasteiger partial charge in [0.25, 0.3) is 0 Å². The van der Waals surface area contributed by atoms with Crippen molar-refractivity contribution in [2.24, 2.45) is 62.0 Å². The molecule has 2 heterocycles. The first-order valence-electron chi connectivity index (χ1n) is 41.8. The van der Waals surface area contributed by atoms with Crippen LogP contribution < -0.4 is 125 Å². The number of aliphatic hydroxyl groups excluding tert-OH is 1. The molecule has 123 heavy (non-hydrogen) atoms. The van der Waals surface area contributed by atoms with Gasteiger partial charge in [-0.2, -0.15) is 0 Å². The van der Waals surface area contributed by atoms with Crippen molar-refractivity contribution in [2.75, 3.05) is 58.9 Å². The Bertz CT molecular complexity index is 3890. The number of hydrogen-bond acceptors (Lipinski definition) is 23. The van der Waals surface area contributed by atoms with Crippen LogP contribution in [0.5, 0.6) is 0 Å². The van der Waals surface area contributed by atoms with Crippen LogP contribution in [0.15, 0.2) is 70.6 Å². The Balaban J connectivity index is 1.73. The van der Waals surface area contributed by atoms with E-state index >= 15 is 9.59 Å². The fraction of sp³-hybridized carbons (Fsp3) is 0.613. The van der Waals surface area contributed by atoms with Gasteiger partial charge in [-0.15, -0.1) is 0 Å². The van der Waals surface area contributed by atoms with E-state index in [0.29, 0.717) is 24.9 Å². The van der Waals surface area contributed by atoms with Crippen LogP contribution >= 0.6 is 0 Å². The summed E-state index contributed by atoms with van der Waals surface area (Å²) in [6.45, 7) is 5.09. The van der Waals surface area contributed by atoms with E-state index in [1.54, 1.807) is 44.2 Å². The maximum Gasteiger partial charge on any atom is 0.243 e. The summed E-state index contributed by atoms with van der Waals surface area (Å²) >= 11 is 0. The lowest BCUT2D eigenvalue weighted by Gasteiger charge is -2.29. The third-order valence-electron chi connectivity index (χ3n) is 19.9. The summed E-state index contributed by atoms with van der Waals surface area (Å²) in [6.07, 6.45) is -3.62. The second-order valence-corrected chi connectivity index (χ2v) is 30.8. The number of guanidine groups is 2. The molecule has 2 saturated heterocycles. The van der Waals surface area contributed by atoms with Gasteiger partial charge in [-0.1, -0.05) is 74.5 Å². The van der Waals surface area contributed by atoms with Crippen molar-refractivity contribution in [3.63, 3.8) is 0 Å². The van der Waals surface area contributed by atoms with Crippen molar-refractivity contribution >= 4 is 112 Å². The summed E-state index contributed by atoms with van der Waals surface area (Å²) in [4.78, 5) is 248. The minimum atomic E-state index is -1.90. The van der Waals surface area contributed by atoms with Gasteiger partial charge in [0, 0.05) is 39.1 Å². The molecule has 4 rings (SSSR count). The summed E-state index contributed by atoms with van der Waals surface area (Å²) in [5.41, 5.74) is 41.3. The maximum absolute atomic E-state index is 15.2. The van der Waals surface area contributed by atoms with Crippen molar-refractivity contribution in [2.45, 2.75) is 242 Å². The van der Waals surface area contributed by atoms with Crippen molar-refractivity contribution < 1.29 is 86.6 Å². The monoisotopic (exact) mass is 1730 g/mol. The molecule has 0 saturated carbocycles. The molecule has 13 atom stereocenters. The molecular weight excluding hydrogens is 1600 g/mol. The van der Waals surface area contributed by atoms with Crippen LogP contribution in [0.4, 0.5) is 0 Å². The Hall–Kier alpha value is -12.0. The van der Waals surface area contributed by atoms with E-state index in [0.717, 1.165) is 5.56 Å². The highest BCUT2D eigenvalue weighted by Crippen LogP contribution is 2.18. The largest absolute Gasteiger partial charge is 0.393 e. The van der Waals surface area contributed by atoms with Gasteiger partial charge in [0.05, 0.1) is 50.5 Å². The molecule has 682 valence electrons. The van der Waals surface area contributed by atoms with Gasteiger partial charge in [0.15, 0.2) is 17.7 Å². The summed E-state index contributed by atoms with van der Waals surface area (Å²) in [6, 6.07) is 0.961. The van der Waals surface area contributed by atoms with Gasteiger partial charge >= 0.3 is 0 Å². The number of Topliss-reactive ketones (excluding diaryl/α,β-unsaturated/α-hetero) is 1. The van der Waals surface area contributed by atoms with Crippen LogP contribution in [0.25, 0.3) is 0 Å². The van der Waals surface area contributed by atoms with Crippen LogP contribution in [0.1, 0.15) is 167 Å². The molecule has 43 heteroatoms. The number of carbonyl (C=O) groups excluding carboxylic acids is 17. The summed E-state index contributed by atoms with van der Waals surface area (Å²) < 4.78 is 0. The predicted molar refractivity (Wildman–Crippen MR) is 453 cm³/mol. The Labute approximate surface area is 715 Å². The molecule has 2 aliphatic rings. The van der Waals surface area contributed by atoms with Gasteiger partial charge < -0.3 is 130 Å². The highest BCUT2D eigenvalue weighted by Gasteiger charge is 2.39. The molecule has 1 unspecified atom stereocenters. The quantitative estimate of drug-likeness (QED) is 0.0169. The molecule has 2 fully saturated rings. The third-order valence-corrected chi connectivity index (χ3v) is 19.9. The molecule has 16 amide bonds. The lowest BCUT2D eigenvalue weighted by atomic mass is 9.90. The molecule has 0 bridgehead atoms. The van der Waals surface area contributed by atoms with Gasteiger partial charge in [0.1, 0.15) is 60.4 Å². The van der Waals surface area contributed by atoms with Gasteiger partial charge in [-0.3, -0.25) is 91.5 Å². The number of aliphatic imine (C=N–C) groups is 2. The SMILES string of the molecule is CC(C)C[C@@H]1NC(=O)[C@H](CCCCN)NC(=O)[C@H](CCCN=C(N)N)NC(=O)[C@@H](NC(=O)[C@@H]2CC(=O)NCCCC[C@H](NC(=O)[C@@H](CC(=O)[C@H](Cc3ccccc3)NC(=O)CNC(=O)CNC(=O)CNCc3ccccc3)C(C)O)C(=O)N[C@@H](C)C(=O)N[C@@H](CCCN=C(N)N)C(=O)N[C@@H](CCCCN)C(=O)N2)CCCCNC(=O)C[C@@H](C(N)=O)NC1=O. The average Bonchev–Trinajstić information content (AvgIpc) is 0.855. The summed E-state index contributed by atoms with van der Waals surface area (Å²) in [5, 5.41) is 53.1. The van der Waals surface area contributed by atoms with E-state index < -0.39 is 211 Å². The topological polar surface area (TPSA) is 710 Å². The van der Waals surface area contributed by atoms with Crippen molar-refractivity contribution in [1.29, 1.82) is 0 Å². The number of nitrogens with one attached hydrogen (secondary N) is 16. The lowest BCUT2D eigenvalue weighted by molar-refractivity contribution is -0.138. The van der Waals surface area contributed by atoms with Gasteiger partial charge in [-0.05, 0) is 160 Å². The minimum absolute atomic E-state index is 0.00150. The van der Waals surface area contributed by atoms with E-state index in [-0.39, 0.29) is 166 Å². The van der Waals surface area contributed by atoms with Crippen LogP contribution in [0.3, 0.4) is 0 Å². The molecule has 2 aromatic rings. The van der Waals surface area contributed by atoms with Crippen LogP contribution in [0, 0.1) is 11.8 Å². The number of carbonyl (C=O) groups is 17. The van der Waals surface area contributed by atoms with E-state index in [4.69, 9.17) is 40.1 Å². The standard InChI is InChI=1S/C80H129N25O18/c1-46(2)37-60-77(122)103-59(68(83)113)40-63(108)89-33-18-14-28-55(72(117)101-57(30-20-36-92-80(86)87)74(119)100-53(75(120)104-60)25-11-15-31-81)102-78(123)61-41-64(109)90-34-17-13-27-52(71(116)95-47(3)69(114)97-56(29-19-35-91-79(84)85)73(118)99-54(76(121)105-61)26-12-16-32-82)98-70(115)51(48(4)106)39-62(107)58(38-49-21-7-5-8-22-49)96-67(112)45-94-66(111)44-93-65(110)43-88-42-50-23-9-6-10-24-50/h5-10,21-24,46-48,51-61,88,106H,11-20,25-45,81-82H2,1-4H3,(H2,83,113)(H,89,108)(H,90,109)(H,93,110)(H,94,111)(H,95,116)(H,96,112)(H,97,114)(H,98,115)(H,99,118)(H,100,119)(H,101,117)(H,102,123)(H,103,122)(H,104,120)(H,105,121)(H4,84,85,91)(H4,86,87,92)/t47-,48?,51-,52-,53-,54-,55-,56-,57-,58-,59-,60-,61-/m0/s1. The van der Waals surface area contributed by atoms with Crippen LogP contribution in [-0.4, -0.2) is 249 Å². The number of benzene rings is 2. The zero-order valence-electron chi connectivity index (χ0n) is 70.6. The smallest absolute Gasteiger partial charge is 0.243 e. The van der Waals surface area contributed by atoms with Crippen LogP contribution in [0.2, 0.25) is 0 Å². The first-order chi connectivity index (χ1) is 58.6. The van der Waals surface area contributed by atoms with Gasteiger partial charge in [-0.25, -0.2) is 0 Å². The van der Waals surface area contributed by atoms with E-state index in [2.05, 4.69) is 95.1 Å². The maximum atomic E-state index is 15.2. The Morgan fingerprint density at radius 2 is 0.919 bits per heavy atom. The molecule has 0 aliphatic carbocycles. The Morgan fingerprint density at radius 3 is 1.41 bits per heavy atom. The molecular formula is C80H129N25O18. The third kappa shape index (κ3) is 41.4. The average molecular weight is 1730 g/mol. The molecule has 0 radical (unpaired) electrons. The number of ketones is 1. The number of unbranched alkanes of at least 4 members (excludes halogenated alkanes) is 2. The molecule has 2 aliphatic heterocycles. The first kappa shape index (κ1) is 103. The fourth-order valence-electron chi connectivity index (χ4n) is 13.1. The second-order valence-electron chi connectivity index (χ2n) is 30.8. The van der Waals surface area contributed by atoms with E-state index in [9.17, 15) is 77.0 Å². The molecule has 31 N–H and O–H groups in total. The predicted octanol–water partition coefficient (Wildman–Crippen LogP) is -7.16. The summed E-state index contributed by atoms with van der Waals surface area (Å²) in [7, 11) is 0. The highest BCUT2D eigenvalue weighted by atomic mass is 16.3. The number of nitrogens with two attached hydrogens (primary N) is 7. The normalized spacial score (nSPS) is 21.9. The molecule has 2 aromatic carbocycles. The molecule has 0 aromatic heterocycles. The molecule has 43 nitrogen and oxygen atoms in total. The zero-order chi connectivity index (χ0) is 90.9. The Morgan fingerprint density at radius 1 is 0.488 bits per heavy atom. The zero-order valence-corrected chi connectivity index (χ0v) is 70.6. The second kappa shape index (κ2) is 56.6. The molecule has 0 spiro atoms. The number of hydrogen-bond donors (Lipinski definition) is 24. The van der Waals surface area contributed by atoms with Crippen molar-refractivity contribution in [3.05, 3.63) is 71.8 Å². The number of amides is 16. The number of aliphatic hydroxyl groups is 1. The van der Waals surface area contributed by atoms with Crippen molar-refractivity contribution in [3.8, 4) is 0 Å². The van der Waals surface area contributed by atoms with E-state index in [1.807, 2.05) is 30.3 Å². The number of primary amides is 1. The summed E-state index contributed by atoms with van der Waals surface area (Å²) in [5.74, 6) is -17.6. The first-order valence-corrected chi connectivity index (χ1v) is 41.8. The lowest BCUT2D eigenvalue weighted by Crippen LogP contribution is -2.61. The Kier molecular flexibility index (Phi) is 47.5. The van der Waals surface area contributed by atoms with Crippen molar-refractivity contribution in [1.82, 2.24) is 85.1 Å². The number of rotatable bonds is 38. The van der Waals surface area contributed by atoms with Gasteiger partial charge in [0.2, 0.25) is 94.5 Å². The minimum Gasteiger partial charge on any atom is -0.393 e. The van der Waals surface area contributed by atoms with Crippen LogP contribution in [-0.2, 0) is 94.5 Å². The highest BCUT2D eigenvalue weighted by molar-refractivity contribution is 6.01. The number of nitrogens with zero attached hydrogens (tertiary/aromatic N) is 2. The fourth-order valence-corrected chi connectivity index (χ4v) is 13.1. The van der Waals surface area contributed by atoms with E-state index in [1.165, 1.54) is 13.8 Å².